The van der Waals surface area contributed by atoms with E-state index < -0.39 is 29.2 Å². The van der Waals surface area contributed by atoms with Crippen LogP contribution in [0.5, 0.6) is 0 Å². The lowest BCUT2D eigenvalue weighted by Crippen LogP contribution is -2.70. The SMILES string of the molecule is CC(C)(C)OC(=O)NCc1c(C2=C(C(=S)OC(c3ccccc3)c3ccccc3)N3C(=O)C(NC(=O)Cc4ccccc4)[C@H]3SC2)sc2sc(Cl)cc2c1=O. The molecule has 4 heterocycles. The van der Waals surface area contributed by atoms with Gasteiger partial charge in [0.15, 0.2) is 5.43 Å². The predicted octanol–water partition coefficient (Wildman–Crippen LogP) is 8.49. The van der Waals surface area contributed by atoms with E-state index in [1.165, 1.54) is 34.4 Å². The van der Waals surface area contributed by atoms with E-state index in [1.54, 1.807) is 31.7 Å². The Kier molecular flexibility index (Phi) is 11.5. The van der Waals surface area contributed by atoms with Crippen LogP contribution in [0.4, 0.5) is 4.79 Å². The smallest absolute Gasteiger partial charge is 0.407 e. The summed E-state index contributed by atoms with van der Waals surface area (Å²) in [5.74, 6) is -0.310. The lowest BCUT2D eigenvalue weighted by atomic mass is 9.99. The van der Waals surface area contributed by atoms with Gasteiger partial charge in [-0.3, -0.25) is 19.3 Å². The Morgan fingerprint density at radius 1 is 0.945 bits per heavy atom. The van der Waals surface area contributed by atoms with Crippen LogP contribution < -0.4 is 16.1 Å². The zero-order valence-electron chi connectivity index (χ0n) is 30.0. The molecule has 2 atom stereocenters. The highest BCUT2D eigenvalue weighted by Gasteiger charge is 2.54. The molecule has 2 N–H and O–H groups in total. The van der Waals surface area contributed by atoms with E-state index in [-0.39, 0.29) is 35.3 Å². The number of carbonyl (C=O) groups is 3. The molecule has 5 aromatic rings. The monoisotopic (exact) mass is 829 g/mol. The molecule has 1 fully saturated rings. The van der Waals surface area contributed by atoms with Crippen molar-refractivity contribution in [3.8, 4) is 0 Å². The topological polar surface area (TPSA) is 114 Å². The number of ether oxygens (including phenoxy) is 2. The van der Waals surface area contributed by atoms with Gasteiger partial charge in [0, 0.05) is 21.8 Å². The van der Waals surface area contributed by atoms with Gasteiger partial charge in [-0.15, -0.1) is 34.4 Å². The second-order valence-corrected chi connectivity index (χ2v) is 18.3. The highest BCUT2D eigenvalue weighted by molar-refractivity contribution is 8.00. The molecule has 14 heteroatoms. The molecular formula is C41H36ClN3O6S4. The molecule has 0 aliphatic carbocycles. The number of benzene rings is 3. The lowest BCUT2D eigenvalue weighted by molar-refractivity contribution is -0.145. The Morgan fingerprint density at radius 3 is 2.18 bits per heavy atom. The van der Waals surface area contributed by atoms with Gasteiger partial charge in [0.25, 0.3) is 5.91 Å². The number of carbonyl (C=O) groups excluding carboxylic acids is 3. The molecule has 3 amide bonds. The van der Waals surface area contributed by atoms with Gasteiger partial charge in [0.05, 0.1) is 26.7 Å². The molecule has 0 spiro atoms. The third-order valence-corrected chi connectivity index (χ3v) is 13.1. The van der Waals surface area contributed by atoms with Gasteiger partial charge >= 0.3 is 6.09 Å². The molecule has 3 aromatic carbocycles. The third-order valence-electron chi connectivity index (χ3n) is 8.85. The predicted molar refractivity (Wildman–Crippen MR) is 225 cm³/mol. The molecular weight excluding hydrogens is 794 g/mol. The number of hydrogen-bond donors (Lipinski definition) is 2. The Hall–Kier alpha value is -4.53. The summed E-state index contributed by atoms with van der Waals surface area (Å²) in [7, 11) is 0. The first-order valence-electron chi connectivity index (χ1n) is 17.4. The summed E-state index contributed by atoms with van der Waals surface area (Å²) in [6.07, 6.45) is -1.18. The zero-order chi connectivity index (χ0) is 38.9. The van der Waals surface area contributed by atoms with Gasteiger partial charge in [0.2, 0.25) is 11.0 Å². The second-order valence-electron chi connectivity index (χ2n) is 13.9. The van der Waals surface area contributed by atoms with Crippen molar-refractivity contribution in [1.82, 2.24) is 15.5 Å². The summed E-state index contributed by atoms with van der Waals surface area (Å²) < 4.78 is 13.3. The molecule has 2 aliphatic rings. The maximum absolute atomic E-state index is 14.2. The first-order valence-corrected chi connectivity index (χ1v) is 20.9. The lowest BCUT2D eigenvalue weighted by Gasteiger charge is -2.50. The van der Waals surface area contributed by atoms with E-state index in [0.717, 1.165) is 16.7 Å². The highest BCUT2D eigenvalue weighted by Crippen LogP contribution is 2.47. The standard InChI is InChI=1S/C41H36ClN3O6S4/c1-41(2,3)51-40(49)43-21-27-33(47)26-20-29(42)54-39(26)55-35(27)28-22-53-37-31(44-30(46)19-23-13-7-4-8-14-23)36(48)45(37)32(28)38(52)50-34(24-15-9-5-10-16-24)25-17-11-6-12-18-25/h4-18,20,31,34,37H,19,21-22H2,1-3H3,(H,43,49)(H,44,46)/t31?,37-/m1/s1. The van der Waals surface area contributed by atoms with Crippen LogP contribution in [0.3, 0.4) is 0 Å². The van der Waals surface area contributed by atoms with Crippen LogP contribution in [0, 0.1) is 0 Å². The first-order chi connectivity index (χ1) is 26.4. The maximum atomic E-state index is 14.2. The molecule has 1 saturated heterocycles. The van der Waals surface area contributed by atoms with Crippen LogP contribution in [-0.4, -0.2) is 50.6 Å². The number of rotatable bonds is 10. The number of β-lactam (4-membered cyclic amide) rings is 1. The summed E-state index contributed by atoms with van der Waals surface area (Å²) in [6, 6.07) is 29.4. The zero-order valence-corrected chi connectivity index (χ0v) is 34.0. The summed E-state index contributed by atoms with van der Waals surface area (Å²) in [6.45, 7) is 5.12. The van der Waals surface area contributed by atoms with E-state index in [1.807, 2.05) is 91.0 Å². The quantitative estimate of drug-likeness (QED) is 0.107. The van der Waals surface area contributed by atoms with E-state index in [0.29, 0.717) is 41.2 Å². The van der Waals surface area contributed by atoms with Crippen molar-refractivity contribution in [1.29, 1.82) is 0 Å². The minimum atomic E-state index is -0.801. The van der Waals surface area contributed by atoms with Crippen LogP contribution in [0.2, 0.25) is 4.34 Å². The fraction of sp³-hybridized carbons (Fsp3) is 0.244. The van der Waals surface area contributed by atoms with Gasteiger partial charge in [-0.05, 0) is 55.7 Å². The first kappa shape index (κ1) is 38.7. The summed E-state index contributed by atoms with van der Waals surface area (Å²) in [5, 5.41) is 5.69. The average molecular weight is 830 g/mol. The van der Waals surface area contributed by atoms with Crippen molar-refractivity contribution in [2.75, 3.05) is 5.75 Å². The van der Waals surface area contributed by atoms with Gasteiger partial charge in [0.1, 0.15) is 28.8 Å². The maximum Gasteiger partial charge on any atom is 0.407 e. The number of amides is 3. The van der Waals surface area contributed by atoms with Crippen LogP contribution in [0.25, 0.3) is 15.0 Å². The van der Waals surface area contributed by atoms with Crippen LogP contribution in [-0.2, 0) is 32.0 Å². The largest absolute Gasteiger partial charge is 0.469 e. The number of nitrogens with one attached hydrogen (secondary N) is 2. The number of halogens is 1. The van der Waals surface area contributed by atoms with Crippen molar-refractivity contribution in [3.63, 3.8) is 0 Å². The minimum Gasteiger partial charge on any atom is -0.469 e. The molecule has 282 valence electrons. The Balaban J connectivity index is 1.31. The van der Waals surface area contributed by atoms with E-state index >= 15 is 0 Å². The number of fused-ring (bicyclic) bond motifs is 2. The van der Waals surface area contributed by atoms with Gasteiger partial charge in [-0.2, -0.15) is 0 Å². The van der Waals surface area contributed by atoms with Gasteiger partial charge in [-0.1, -0.05) is 103 Å². The highest BCUT2D eigenvalue weighted by atomic mass is 35.5. The van der Waals surface area contributed by atoms with Gasteiger partial charge < -0.3 is 20.1 Å². The van der Waals surface area contributed by atoms with Crippen molar-refractivity contribution in [3.05, 3.63) is 144 Å². The second kappa shape index (κ2) is 16.3. The number of alkyl carbamates (subject to hydrolysis) is 1. The number of nitrogens with zero attached hydrogens (tertiary/aromatic N) is 1. The van der Waals surface area contributed by atoms with Crippen molar-refractivity contribution in [2.24, 2.45) is 0 Å². The summed E-state index contributed by atoms with van der Waals surface area (Å²) in [4.78, 5) is 56.6. The average Bonchev–Trinajstić information content (AvgIpc) is 3.55. The van der Waals surface area contributed by atoms with E-state index in [9.17, 15) is 19.2 Å². The minimum absolute atomic E-state index is 0.0513. The number of thioether (sulfide) groups is 1. The Labute approximate surface area is 340 Å². The molecule has 9 nitrogen and oxygen atoms in total. The van der Waals surface area contributed by atoms with Crippen LogP contribution in [0.15, 0.2) is 108 Å². The molecule has 7 rings (SSSR count). The van der Waals surface area contributed by atoms with Crippen molar-refractivity contribution in [2.45, 2.75) is 56.9 Å². The number of thiophene rings is 1. The van der Waals surface area contributed by atoms with Crippen LogP contribution >= 0.6 is 58.3 Å². The fourth-order valence-electron chi connectivity index (χ4n) is 6.41. The van der Waals surface area contributed by atoms with Gasteiger partial charge in [-0.25, -0.2) is 4.79 Å². The van der Waals surface area contributed by atoms with Crippen molar-refractivity contribution >= 4 is 96.2 Å². The van der Waals surface area contributed by atoms with E-state index in [2.05, 4.69) is 10.6 Å². The van der Waals surface area contributed by atoms with E-state index in [4.69, 9.17) is 33.3 Å². The molecule has 0 bridgehead atoms. The summed E-state index contributed by atoms with van der Waals surface area (Å²) in [5.41, 5.74) is 2.71. The molecule has 55 heavy (non-hydrogen) atoms. The molecule has 0 radical (unpaired) electrons. The molecule has 2 aromatic heterocycles. The van der Waals surface area contributed by atoms with Crippen molar-refractivity contribution < 1.29 is 23.9 Å². The molecule has 2 aliphatic heterocycles. The number of thiocarbonyl (C=S) groups is 1. The Morgan fingerprint density at radius 2 is 1.56 bits per heavy atom. The summed E-state index contributed by atoms with van der Waals surface area (Å²) >= 11 is 16.6. The Bertz CT molecular complexity index is 2320. The third kappa shape index (κ3) is 8.51. The molecule has 1 unspecified atom stereocenters. The normalized spacial score (nSPS) is 16.7. The fourth-order valence-corrected chi connectivity index (χ4v) is 11.0. The van der Waals surface area contributed by atoms with Crippen LogP contribution in [0.1, 0.15) is 54.0 Å². The molecule has 0 saturated carbocycles. The number of hydrogen-bond acceptors (Lipinski definition) is 10.